The van der Waals surface area contributed by atoms with E-state index in [1.165, 1.54) is 51.9 Å². The number of piperidine rings is 1. The molecule has 2 bridgehead atoms. The zero-order valence-electron chi connectivity index (χ0n) is 15.9. The van der Waals surface area contributed by atoms with Crippen LogP contribution in [0.5, 0.6) is 0 Å². The molecule has 5 fully saturated rings. The van der Waals surface area contributed by atoms with Crippen molar-refractivity contribution in [1.29, 1.82) is 0 Å². The van der Waals surface area contributed by atoms with E-state index in [0.29, 0.717) is 0 Å². The molecule has 0 aromatic rings. The van der Waals surface area contributed by atoms with Gasteiger partial charge >= 0.3 is 0 Å². The molecule has 5 atom stereocenters. The zero-order valence-corrected chi connectivity index (χ0v) is 15.9. The number of morpholine rings is 1. The van der Waals surface area contributed by atoms with E-state index >= 15 is 0 Å². The van der Waals surface area contributed by atoms with Crippen molar-refractivity contribution in [2.45, 2.75) is 57.0 Å². The molecule has 2 aliphatic heterocycles. The van der Waals surface area contributed by atoms with Crippen molar-refractivity contribution in [3.05, 3.63) is 0 Å². The summed E-state index contributed by atoms with van der Waals surface area (Å²) in [6, 6.07) is 1.66. The van der Waals surface area contributed by atoms with Gasteiger partial charge in [-0.2, -0.15) is 0 Å². The fraction of sp³-hybridized carbons (Fsp3) is 1.00. The number of nitrogens with zero attached hydrogens (tertiary/aromatic N) is 2. The summed E-state index contributed by atoms with van der Waals surface area (Å²) in [5.74, 6) is 4.36. The molecule has 0 aromatic carbocycles. The van der Waals surface area contributed by atoms with Crippen LogP contribution in [-0.4, -0.2) is 74.4 Å². The van der Waals surface area contributed by atoms with Crippen molar-refractivity contribution in [3.8, 4) is 0 Å². The van der Waals surface area contributed by atoms with Gasteiger partial charge in [0.25, 0.3) is 0 Å². The van der Waals surface area contributed by atoms with E-state index in [-0.39, 0.29) is 0 Å². The van der Waals surface area contributed by atoms with Crippen LogP contribution < -0.4 is 5.32 Å². The Balaban J connectivity index is 1.04. The third-order valence-electron chi connectivity index (χ3n) is 8.30. The second-order valence-corrected chi connectivity index (χ2v) is 9.50. The van der Waals surface area contributed by atoms with Gasteiger partial charge in [0.15, 0.2) is 0 Å². The number of hydrogen-bond donors (Lipinski definition) is 1. The number of rotatable bonds is 5. The third kappa shape index (κ3) is 3.52. The number of ether oxygens (including phenoxy) is 1. The predicted octanol–water partition coefficient (Wildman–Crippen LogP) is 2.20. The Kier molecular flexibility index (Phi) is 5.06. The SMILES string of the molecule is C1C[C@@H]2[C@H](C1)[C@@H]1C[C@@H]2[C@H](NC2CCN(CCN3CCOCC3)CC2)C1. The second kappa shape index (κ2) is 7.46. The predicted molar refractivity (Wildman–Crippen MR) is 101 cm³/mol. The van der Waals surface area contributed by atoms with Crippen molar-refractivity contribution < 1.29 is 4.74 Å². The Hall–Kier alpha value is -0.160. The van der Waals surface area contributed by atoms with E-state index in [1.54, 1.807) is 19.3 Å². The Bertz CT molecular complexity index is 444. The molecule has 2 heterocycles. The van der Waals surface area contributed by atoms with E-state index in [2.05, 4.69) is 15.1 Å². The number of fused-ring (bicyclic) bond motifs is 5. The summed E-state index contributed by atoms with van der Waals surface area (Å²) in [4.78, 5) is 5.27. The molecule has 5 rings (SSSR count). The highest BCUT2D eigenvalue weighted by atomic mass is 16.5. The van der Waals surface area contributed by atoms with Crippen LogP contribution in [0.1, 0.15) is 44.9 Å². The monoisotopic (exact) mass is 347 g/mol. The Morgan fingerprint density at radius 3 is 2.28 bits per heavy atom. The minimum Gasteiger partial charge on any atom is -0.379 e. The van der Waals surface area contributed by atoms with Gasteiger partial charge in [0.2, 0.25) is 0 Å². The number of hydrogen-bond acceptors (Lipinski definition) is 4. The van der Waals surface area contributed by atoms with Gasteiger partial charge in [-0.1, -0.05) is 6.42 Å². The Morgan fingerprint density at radius 1 is 0.760 bits per heavy atom. The van der Waals surface area contributed by atoms with Crippen molar-refractivity contribution in [2.75, 3.05) is 52.5 Å². The largest absolute Gasteiger partial charge is 0.379 e. The van der Waals surface area contributed by atoms with Gasteiger partial charge < -0.3 is 15.0 Å². The van der Waals surface area contributed by atoms with Crippen LogP contribution in [0.4, 0.5) is 0 Å². The average molecular weight is 348 g/mol. The summed E-state index contributed by atoms with van der Waals surface area (Å²) in [5, 5.41) is 4.13. The molecular weight excluding hydrogens is 310 g/mol. The van der Waals surface area contributed by atoms with Gasteiger partial charge in [-0.3, -0.25) is 4.90 Å². The Labute approximate surface area is 153 Å². The summed E-state index contributed by atoms with van der Waals surface area (Å²) in [6.45, 7) is 9.20. The molecule has 0 aromatic heterocycles. The van der Waals surface area contributed by atoms with Crippen molar-refractivity contribution in [3.63, 3.8) is 0 Å². The minimum absolute atomic E-state index is 0.795. The zero-order chi connectivity index (χ0) is 16.6. The first-order valence-electron chi connectivity index (χ1n) is 11.2. The van der Waals surface area contributed by atoms with Crippen molar-refractivity contribution >= 4 is 0 Å². The molecule has 5 aliphatic rings. The van der Waals surface area contributed by atoms with Crippen molar-refractivity contribution in [2.24, 2.45) is 23.7 Å². The molecule has 0 amide bonds. The number of nitrogens with one attached hydrogen (secondary N) is 1. The lowest BCUT2D eigenvalue weighted by molar-refractivity contribution is 0.0316. The lowest BCUT2D eigenvalue weighted by Crippen LogP contribution is -2.50. The molecule has 3 saturated carbocycles. The first kappa shape index (κ1) is 17.0. The smallest absolute Gasteiger partial charge is 0.0594 e. The highest BCUT2D eigenvalue weighted by molar-refractivity contribution is 5.06. The second-order valence-electron chi connectivity index (χ2n) is 9.50. The van der Waals surface area contributed by atoms with Crippen LogP contribution in [0.15, 0.2) is 0 Å². The average Bonchev–Trinajstić information content (AvgIpc) is 3.35. The van der Waals surface area contributed by atoms with E-state index in [0.717, 1.165) is 62.1 Å². The lowest BCUT2D eigenvalue weighted by Gasteiger charge is -2.39. The highest BCUT2D eigenvalue weighted by Gasteiger charge is 2.53. The molecule has 1 N–H and O–H groups in total. The molecule has 0 radical (unpaired) electrons. The molecule has 3 aliphatic carbocycles. The third-order valence-corrected chi connectivity index (χ3v) is 8.30. The number of likely N-dealkylation sites (tertiary alicyclic amines) is 1. The molecule has 142 valence electrons. The minimum atomic E-state index is 0.795. The van der Waals surface area contributed by atoms with Gasteiger partial charge in [-0.15, -0.1) is 0 Å². The van der Waals surface area contributed by atoms with Gasteiger partial charge in [0.05, 0.1) is 13.2 Å². The fourth-order valence-corrected chi connectivity index (χ4v) is 6.99. The van der Waals surface area contributed by atoms with Crippen LogP contribution >= 0.6 is 0 Å². The maximum Gasteiger partial charge on any atom is 0.0594 e. The first-order chi connectivity index (χ1) is 12.4. The molecule has 4 heteroatoms. The molecule has 4 nitrogen and oxygen atoms in total. The Morgan fingerprint density at radius 2 is 1.48 bits per heavy atom. The fourth-order valence-electron chi connectivity index (χ4n) is 6.99. The van der Waals surface area contributed by atoms with Crippen molar-refractivity contribution in [1.82, 2.24) is 15.1 Å². The normalized spacial score (nSPS) is 43.0. The van der Waals surface area contributed by atoms with Gasteiger partial charge in [-0.05, 0) is 75.3 Å². The van der Waals surface area contributed by atoms with Gasteiger partial charge in [-0.25, -0.2) is 0 Å². The first-order valence-corrected chi connectivity index (χ1v) is 11.2. The van der Waals surface area contributed by atoms with E-state index in [9.17, 15) is 0 Å². The van der Waals surface area contributed by atoms with Crippen LogP contribution in [0, 0.1) is 23.7 Å². The summed E-state index contributed by atoms with van der Waals surface area (Å²) in [5.41, 5.74) is 0. The summed E-state index contributed by atoms with van der Waals surface area (Å²) >= 11 is 0. The highest BCUT2D eigenvalue weighted by Crippen LogP contribution is 2.58. The van der Waals surface area contributed by atoms with E-state index in [4.69, 9.17) is 4.74 Å². The van der Waals surface area contributed by atoms with Crippen LogP contribution in [0.2, 0.25) is 0 Å². The molecular formula is C21H37N3O. The quantitative estimate of drug-likeness (QED) is 0.825. The molecule has 2 saturated heterocycles. The molecule has 0 unspecified atom stereocenters. The molecule has 25 heavy (non-hydrogen) atoms. The lowest BCUT2D eigenvalue weighted by atomic mass is 9.78. The van der Waals surface area contributed by atoms with Gasteiger partial charge in [0, 0.05) is 38.3 Å². The van der Waals surface area contributed by atoms with E-state index in [1.807, 2.05) is 0 Å². The van der Waals surface area contributed by atoms with E-state index < -0.39 is 0 Å². The van der Waals surface area contributed by atoms with Crippen LogP contribution in [0.3, 0.4) is 0 Å². The van der Waals surface area contributed by atoms with Gasteiger partial charge in [0.1, 0.15) is 0 Å². The molecule has 0 spiro atoms. The maximum absolute atomic E-state index is 5.45. The standard InChI is InChI=1S/C21H37N3O/c1-2-18-16-14-20(19(18)3-1)21(15-16)22-17-4-6-23(7-5-17)8-9-24-10-12-25-13-11-24/h16-22H,1-15H2/t16-,18-,19-,20+,21-/m1/s1. The summed E-state index contributed by atoms with van der Waals surface area (Å²) in [7, 11) is 0. The van der Waals surface area contributed by atoms with Crippen LogP contribution in [-0.2, 0) is 4.74 Å². The van der Waals surface area contributed by atoms with Crippen LogP contribution in [0.25, 0.3) is 0 Å². The topological polar surface area (TPSA) is 27.7 Å². The summed E-state index contributed by atoms with van der Waals surface area (Å²) < 4.78 is 5.45. The maximum atomic E-state index is 5.45. The summed E-state index contributed by atoms with van der Waals surface area (Å²) in [6.07, 6.45) is 10.4.